The van der Waals surface area contributed by atoms with E-state index in [1.54, 1.807) is 0 Å². The lowest BCUT2D eigenvalue weighted by atomic mass is 10.0. The van der Waals surface area contributed by atoms with Crippen molar-refractivity contribution in [2.75, 3.05) is 26.5 Å². The number of ether oxygens (including phenoxy) is 4. The molecule has 0 saturated carbocycles. The van der Waals surface area contributed by atoms with Crippen molar-refractivity contribution in [3.63, 3.8) is 0 Å². The predicted molar refractivity (Wildman–Crippen MR) is 73.7 cm³/mol. The van der Waals surface area contributed by atoms with Crippen LogP contribution >= 0.6 is 0 Å². The molecule has 0 aromatic heterocycles. The van der Waals surface area contributed by atoms with E-state index in [2.05, 4.69) is 4.74 Å². The standard InChI is InChI=1S/C15H19F5O4/c1-2-21-12-7-22-13(23-8-12)10-3-5-11(6-4-10)24-15(19,20)14(17,18)9-16/h3-5,11-13H,2,6-9H2,1H3. The van der Waals surface area contributed by atoms with Gasteiger partial charge in [-0.2, -0.15) is 17.6 Å². The first-order valence-electron chi connectivity index (χ1n) is 7.51. The van der Waals surface area contributed by atoms with Crippen LogP contribution in [0.15, 0.2) is 23.8 Å². The number of hydrogen-bond donors (Lipinski definition) is 0. The lowest BCUT2D eigenvalue weighted by Gasteiger charge is -2.32. The SMILES string of the molecule is CCOC1COC(C2=CCC(OC(F)(F)C(F)(F)CF)C=C2)OC1. The molecule has 138 valence electrons. The molecule has 2 aliphatic rings. The van der Waals surface area contributed by atoms with Crippen molar-refractivity contribution in [1.29, 1.82) is 0 Å². The Morgan fingerprint density at radius 2 is 1.88 bits per heavy atom. The van der Waals surface area contributed by atoms with Gasteiger partial charge in [-0.1, -0.05) is 18.2 Å². The zero-order valence-electron chi connectivity index (χ0n) is 13.0. The molecular weight excluding hydrogens is 339 g/mol. The van der Waals surface area contributed by atoms with Crippen LogP contribution in [0.3, 0.4) is 0 Å². The fourth-order valence-corrected chi connectivity index (χ4v) is 2.24. The lowest BCUT2D eigenvalue weighted by Crippen LogP contribution is -2.46. The summed E-state index contributed by atoms with van der Waals surface area (Å²) in [6.07, 6.45) is -3.00. The summed E-state index contributed by atoms with van der Waals surface area (Å²) in [6.45, 7) is 0.527. The molecule has 4 nitrogen and oxygen atoms in total. The van der Waals surface area contributed by atoms with Crippen LogP contribution in [0.4, 0.5) is 22.0 Å². The van der Waals surface area contributed by atoms with Gasteiger partial charge in [0.2, 0.25) is 0 Å². The van der Waals surface area contributed by atoms with Gasteiger partial charge >= 0.3 is 12.0 Å². The van der Waals surface area contributed by atoms with Gasteiger partial charge in [0.25, 0.3) is 0 Å². The minimum absolute atomic E-state index is 0.0815. The molecule has 1 atom stereocenters. The second kappa shape index (κ2) is 7.90. The van der Waals surface area contributed by atoms with Crippen molar-refractivity contribution in [2.24, 2.45) is 0 Å². The summed E-state index contributed by atoms with van der Waals surface area (Å²) in [4.78, 5) is 0. The van der Waals surface area contributed by atoms with Gasteiger partial charge < -0.3 is 18.9 Å². The van der Waals surface area contributed by atoms with Crippen molar-refractivity contribution in [3.05, 3.63) is 23.8 Å². The zero-order valence-corrected chi connectivity index (χ0v) is 13.0. The van der Waals surface area contributed by atoms with Gasteiger partial charge in [0, 0.05) is 12.2 Å². The van der Waals surface area contributed by atoms with Crippen molar-refractivity contribution >= 4 is 0 Å². The van der Waals surface area contributed by atoms with E-state index in [1.165, 1.54) is 18.2 Å². The Morgan fingerprint density at radius 3 is 2.38 bits per heavy atom. The Balaban J connectivity index is 1.86. The van der Waals surface area contributed by atoms with E-state index in [1.807, 2.05) is 6.92 Å². The quantitative estimate of drug-likeness (QED) is 0.655. The summed E-state index contributed by atoms with van der Waals surface area (Å²) in [5.41, 5.74) is 0.574. The molecule has 0 aromatic rings. The molecule has 0 spiro atoms. The Labute approximate surface area is 136 Å². The monoisotopic (exact) mass is 358 g/mol. The number of hydrogen-bond acceptors (Lipinski definition) is 4. The maximum atomic E-state index is 13.2. The normalized spacial score (nSPS) is 28.8. The topological polar surface area (TPSA) is 36.9 Å². The van der Waals surface area contributed by atoms with Crippen LogP contribution < -0.4 is 0 Å². The van der Waals surface area contributed by atoms with Crippen molar-refractivity contribution in [2.45, 2.75) is 43.9 Å². The molecule has 1 heterocycles. The van der Waals surface area contributed by atoms with E-state index in [4.69, 9.17) is 14.2 Å². The molecule has 0 amide bonds. The largest absolute Gasteiger partial charge is 0.422 e. The van der Waals surface area contributed by atoms with Gasteiger partial charge in [0.05, 0.1) is 19.3 Å². The van der Waals surface area contributed by atoms with Crippen LogP contribution in [-0.4, -0.2) is 57.0 Å². The Hall–Kier alpha value is -1.03. The van der Waals surface area contributed by atoms with E-state index < -0.39 is 31.1 Å². The minimum atomic E-state index is -4.88. The van der Waals surface area contributed by atoms with E-state index in [9.17, 15) is 22.0 Å². The smallest absolute Gasteiger partial charge is 0.374 e. The number of halogens is 5. The number of rotatable bonds is 7. The highest BCUT2D eigenvalue weighted by Gasteiger charge is 2.59. The average Bonchev–Trinajstić information content (AvgIpc) is 2.56. The molecule has 0 radical (unpaired) electrons. The van der Waals surface area contributed by atoms with E-state index in [0.717, 1.165) is 0 Å². The molecule has 2 rings (SSSR count). The van der Waals surface area contributed by atoms with Gasteiger partial charge in [-0.15, -0.1) is 0 Å². The summed E-state index contributed by atoms with van der Waals surface area (Å²) in [6, 6.07) is 0. The maximum Gasteiger partial charge on any atom is 0.422 e. The highest BCUT2D eigenvalue weighted by Crippen LogP contribution is 2.38. The number of alkyl halides is 5. The van der Waals surface area contributed by atoms with Gasteiger partial charge in [0.1, 0.15) is 6.10 Å². The Morgan fingerprint density at radius 1 is 1.21 bits per heavy atom. The van der Waals surface area contributed by atoms with Crippen molar-refractivity contribution in [3.8, 4) is 0 Å². The fraction of sp³-hybridized carbons (Fsp3) is 0.733. The average molecular weight is 358 g/mol. The van der Waals surface area contributed by atoms with E-state index in [0.29, 0.717) is 25.4 Å². The van der Waals surface area contributed by atoms with Crippen LogP contribution in [0.5, 0.6) is 0 Å². The molecule has 9 heteroatoms. The molecule has 1 unspecified atom stereocenters. The predicted octanol–water partition coefficient (Wildman–Crippen LogP) is 3.23. The third-order valence-electron chi connectivity index (χ3n) is 3.52. The Bertz CT molecular complexity index is 472. The van der Waals surface area contributed by atoms with Crippen LogP contribution in [0.25, 0.3) is 0 Å². The van der Waals surface area contributed by atoms with Crippen LogP contribution in [0.1, 0.15) is 13.3 Å². The molecule has 0 bridgehead atoms. The third kappa shape index (κ3) is 4.53. The van der Waals surface area contributed by atoms with Crippen LogP contribution in [0.2, 0.25) is 0 Å². The Kier molecular flexibility index (Phi) is 6.35. The lowest BCUT2D eigenvalue weighted by molar-refractivity contribution is -0.358. The zero-order chi connectivity index (χ0) is 17.8. The fourth-order valence-electron chi connectivity index (χ4n) is 2.24. The summed E-state index contributed by atoms with van der Waals surface area (Å²) >= 11 is 0. The van der Waals surface area contributed by atoms with Crippen molar-refractivity contribution < 1.29 is 40.9 Å². The van der Waals surface area contributed by atoms with Crippen LogP contribution in [-0.2, 0) is 18.9 Å². The summed E-state index contributed by atoms with van der Waals surface area (Å²) in [7, 11) is 0. The molecule has 0 N–H and O–H groups in total. The first kappa shape index (κ1) is 19.3. The second-order valence-electron chi connectivity index (χ2n) is 5.39. The van der Waals surface area contributed by atoms with Gasteiger partial charge in [-0.3, -0.25) is 0 Å². The molecule has 1 fully saturated rings. The first-order valence-corrected chi connectivity index (χ1v) is 7.51. The minimum Gasteiger partial charge on any atom is -0.374 e. The summed E-state index contributed by atoms with van der Waals surface area (Å²) in [5, 5.41) is 0. The summed E-state index contributed by atoms with van der Waals surface area (Å²) < 4.78 is 84.4. The highest BCUT2D eigenvalue weighted by molar-refractivity contribution is 5.27. The highest BCUT2D eigenvalue weighted by atomic mass is 19.3. The molecule has 1 saturated heterocycles. The van der Waals surface area contributed by atoms with Crippen LogP contribution in [0, 0.1) is 0 Å². The van der Waals surface area contributed by atoms with Gasteiger partial charge in [0.15, 0.2) is 13.0 Å². The van der Waals surface area contributed by atoms with Gasteiger partial charge in [-0.05, 0) is 13.3 Å². The van der Waals surface area contributed by atoms with E-state index >= 15 is 0 Å². The third-order valence-corrected chi connectivity index (χ3v) is 3.52. The molecule has 0 aromatic carbocycles. The first-order chi connectivity index (χ1) is 11.3. The molecule has 24 heavy (non-hydrogen) atoms. The summed E-state index contributed by atoms with van der Waals surface area (Å²) in [5.74, 6) is -4.87. The maximum absolute atomic E-state index is 13.2. The molecule has 1 aliphatic heterocycles. The molecular formula is C15H19F5O4. The van der Waals surface area contributed by atoms with Crippen molar-refractivity contribution in [1.82, 2.24) is 0 Å². The van der Waals surface area contributed by atoms with E-state index in [-0.39, 0.29) is 12.5 Å². The molecule has 1 aliphatic carbocycles. The second-order valence-corrected chi connectivity index (χ2v) is 5.39. The van der Waals surface area contributed by atoms with Gasteiger partial charge in [-0.25, -0.2) is 4.39 Å².